The smallest absolute Gasteiger partial charge is 0.308 e. The highest BCUT2D eigenvalue weighted by molar-refractivity contribution is 6.00. The maximum atomic E-state index is 11.6. The lowest BCUT2D eigenvalue weighted by Crippen LogP contribution is -2.24. The number of hydrogen-bond acceptors (Lipinski definition) is 4. The number of carbonyl (C=O) groups is 2. The van der Waals surface area contributed by atoms with Gasteiger partial charge in [0.15, 0.2) is 5.78 Å². The molecule has 0 aliphatic rings. The first-order chi connectivity index (χ1) is 7.65. The number of aliphatic hydroxyl groups excluding tert-OH is 1. The number of rotatable bonds is 5. The zero-order valence-corrected chi connectivity index (χ0v) is 9.05. The van der Waals surface area contributed by atoms with Crippen molar-refractivity contribution < 1.29 is 19.4 Å². The van der Waals surface area contributed by atoms with Crippen molar-refractivity contribution in [2.45, 2.75) is 19.4 Å². The van der Waals surface area contributed by atoms with Gasteiger partial charge in [0.2, 0.25) is 0 Å². The topological polar surface area (TPSA) is 63.6 Å². The fourth-order valence-corrected chi connectivity index (χ4v) is 1.27. The molecule has 0 bridgehead atoms. The Labute approximate surface area is 93.9 Å². The van der Waals surface area contributed by atoms with Gasteiger partial charge in [-0.2, -0.15) is 0 Å². The molecule has 0 spiro atoms. The average molecular weight is 222 g/mol. The molecule has 1 rings (SSSR count). The van der Waals surface area contributed by atoms with E-state index in [1.165, 1.54) is 0 Å². The molecule has 1 aromatic rings. The molecule has 0 radical (unpaired) electrons. The number of Topliss-reactive ketones (excluding diaryl/α,β-unsaturated/α-hetero) is 1. The Morgan fingerprint density at radius 1 is 1.31 bits per heavy atom. The largest absolute Gasteiger partial charge is 0.466 e. The van der Waals surface area contributed by atoms with E-state index in [4.69, 9.17) is 0 Å². The highest BCUT2D eigenvalue weighted by Gasteiger charge is 2.20. The fraction of sp³-hybridized carbons (Fsp3) is 0.333. The number of hydrogen-bond donors (Lipinski definition) is 1. The summed E-state index contributed by atoms with van der Waals surface area (Å²) in [5, 5.41) is 9.52. The lowest BCUT2D eigenvalue weighted by atomic mass is 10.0. The zero-order chi connectivity index (χ0) is 12.0. The van der Waals surface area contributed by atoms with Gasteiger partial charge in [0.25, 0.3) is 0 Å². The second kappa shape index (κ2) is 6.02. The van der Waals surface area contributed by atoms with Gasteiger partial charge in [-0.05, 0) is 6.92 Å². The summed E-state index contributed by atoms with van der Waals surface area (Å²) >= 11 is 0. The van der Waals surface area contributed by atoms with E-state index in [0.717, 1.165) is 0 Å². The van der Waals surface area contributed by atoms with Crippen molar-refractivity contribution in [3.8, 4) is 0 Å². The van der Waals surface area contributed by atoms with Gasteiger partial charge in [0, 0.05) is 5.56 Å². The molecule has 1 N–H and O–H groups in total. The molecule has 0 aromatic heterocycles. The van der Waals surface area contributed by atoms with Crippen LogP contribution in [-0.4, -0.2) is 29.6 Å². The van der Waals surface area contributed by atoms with E-state index in [0.29, 0.717) is 5.56 Å². The van der Waals surface area contributed by atoms with Crippen molar-refractivity contribution >= 4 is 11.8 Å². The quantitative estimate of drug-likeness (QED) is 0.600. The van der Waals surface area contributed by atoms with Gasteiger partial charge in [-0.25, -0.2) is 0 Å². The molecule has 0 aliphatic heterocycles. The first kappa shape index (κ1) is 12.4. The highest BCUT2D eigenvalue weighted by Crippen LogP contribution is 2.06. The van der Waals surface area contributed by atoms with Crippen LogP contribution in [0.1, 0.15) is 23.7 Å². The average Bonchev–Trinajstić information content (AvgIpc) is 2.29. The highest BCUT2D eigenvalue weighted by atomic mass is 16.5. The molecule has 0 amide bonds. The Kier molecular flexibility index (Phi) is 4.66. The van der Waals surface area contributed by atoms with E-state index in [1.54, 1.807) is 37.3 Å². The summed E-state index contributed by atoms with van der Waals surface area (Å²) in [6.07, 6.45) is -1.64. The maximum Gasteiger partial charge on any atom is 0.308 e. The van der Waals surface area contributed by atoms with E-state index in [2.05, 4.69) is 4.74 Å². The summed E-state index contributed by atoms with van der Waals surface area (Å²) in [6.45, 7) is 1.91. The third-order valence-corrected chi connectivity index (χ3v) is 2.03. The second-order valence-electron chi connectivity index (χ2n) is 3.26. The number of carbonyl (C=O) groups excluding carboxylic acids is 2. The molecule has 16 heavy (non-hydrogen) atoms. The van der Waals surface area contributed by atoms with Crippen molar-refractivity contribution in [3.63, 3.8) is 0 Å². The molecule has 1 atom stereocenters. The van der Waals surface area contributed by atoms with Crippen molar-refractivity contribution in [1.82, 2.24) is 0 Å². The molecule has 86 valence electrons. The lowest BCUT2D eigenvalue weighted by molar-refractivity contribution is -0.144. The third-order valence-electron chi connectivity index (χ3n) is 2.03. The van der Waals surface area contributed by atoms with Crippen LogP contribution < -0.4 is 0 Å². The maximum absolute atomic E-state index is 11.6. The summed E-state index contributed by atoms with van der Waals surface area (Å²) in [5.74, 6) is -1.03. The zero-order valence-electron chi connectivity index (χ0n) is 9.05. The van der Waals surface area contributed by atoms with Crippen LogP contribution in [0.25, 0.3) is 0 Å². The van der Waals surface area contributed by atoms with Crippen LogP contribution >= 0.6 is 0 Å². The van der Waals surface area contributed by atoms with Gasteiger partial charge in [0.05, 0.1) is 13.0 Å². The molecular formula is C12H14O4. The first-order valence-electron chi connectivity index (χ1n) is 5.08. The molecule has 0 saturated heterocycles. The molecule has 0 fully saturated rings. The normalized spacial score (nSPS) is 11.9. The fourth-order valence-electron chi connectivity index (χ4n) is 1.27. The van der Waals surface area contributed by atoms with E-state index in [9.17, 15) is 14.7 Å². The Hall–Kier alpha value is -1.68. The van der Waals surface area contributed by atoms with Crippen molar-refractivity contribution in [3.05, 3.63) is 35.9 Å². The first-order valence-corrected chi connectivity index (χ1v) is 5.08. The van der Waals surface area contributed by atoms with E-state index in [1.807, 2.05) is 0 Å². The number of ketones is 1. The monoisotopic (exact) mass is 222 g/mol. The number of ether oxygens (including phenoxy) is 1. The van der Waals surface area contributed by atoms with Crippen LogP contribution in [0.15, 0.2) is 30.3 Å². The summed E-state index contributed by atoms with van der Waals surface area (Å²) < 4.78 is 4.65. The van der Waals surface area contributed by atoms with Gasteiger partial charge >= 0.3 is 5.97 Å². The van der Waals surface area contributed by atoms with Gasteiger partial charge in [-0.15, -0.1) is 0 Å². The van der Waals surface area contributed by atoms with E-state index in [-0.39, 0.29) is 13.0 Å². The minimum atomic E-state index is -1.33. The van der Waals surface area contributed by atoms with Crippen LogP contribution in [0.2, 0.25) is 0 Å². The Balaban J connectivity index is 2.58. The van der Waals surface area contributed by atoms with E-state index >= 15 is 0 Å². The number of esters is 1. The molecule has 0 aliphatic carbocycles. The van der Waals surface area contributed by atoms with Gasteiger partial charge in [-0.1, -0.05) is 30.3 Å². The minimum absolute atomic E-state index is 0.241. The molecule has 4 heteroatoms. The minimum Gasteiger partial charge on any atom is -0.466 e. The lowest BCUT2D eigenvalue weighted by Gasteiger charge is -2.08. The van der Waals surface area contributed by atoms with E-state index < -0.39 is 17.9 Å². The third kappa shape index (κ3) is 3.47. The van der Waals surface area contributed by atoms with Crippen LogP contribution in [-0.2, 0) is 9.53 Å². The summed E-state index contributed by atoms with van der Waals surface area (Å²) in [4.78, 5) is 22.7. The van der Waals surface area contributed by atoms with Gasteiger partial charge in [-0.3, -0.25) is 9.59 Å². The van der Waals surface area contributed by atoms with Gasteiger partial charge in [0.1, 0.15) is 6.10 Å². The van der Waals surface area contributed by atoms with Crippen LogP contribution in [0, 0.1) is 0 Å². The molecule has 4 nitrogen and oxygen atoms in total. The second-order valence-corrected chi connectivity index (χ2v) is 3.26. The van der Waals surface area contributed by atoms with Crippen molar-refractivity contribution in [2.75, 3.05) is 6.61 Å². The van der Waals surface area contributed by atoms with Crippen molar-refractivity contribution in [2.24, 2.45) is 0 Å². The molecule has 1 unspecified atom stereocenters. The number of benzene rings is 1. The molecule has 0 saturated carbocycles. The SMILES string of the molecule is CCOC(=O)CC(O)C(=O)c1ccccc1. The van der Waals surface area contributed by atoms with Crippen molar-refractivity contribution in [1.29, 1.82) is 0 Å². The molecule has 1 aromatic carbocycles. The Bertz CT molecular complexity index is 359. The van der Waals surface area contributed by atoms with Crippen LogP contribution in [0.3, 0.4) is 0 Å². The predicted octanol–water partition coefficient (Wildman–Crippen LogP) is 1.18. The Morgan fingerprint density at radius 3 is 2.50 bits per heavy atom. The van der Waals surface area contributed by atoms with Crippen LogP contribution in [0.5, 0.6) is 0 Å². The summed E-state index contributed by atoms with van der Waals surface area (Å²) in [5.41, 5.74) is 0.388. The predicted molar refractivity (Wildman–Crippen MR) is 58.0 cm³/mol. The molecular weight excluding hydrogens is 208 g/mol. The standard InChI is InChI=1S/C12H14O4/c1-2-16-11(14)8-10(13)12(15)9-6-4-3-5-7-9/h3-7,10,13H,2,8H2,1H3. The summed E-state index contributed by atoms with van der Waals surface area (Å²) in [7, 11) is 0. The Morgan fingerprint density at radius 2 is 1.94 bits per heavy atom. The summed E-state index contributed by atoms with van der Waals surface area (Å²) in [6, 6.07) is 8.36. The van der Waals surface area contributed by atoms with Gasteiger partial charge < -0.3 is 9.84 Å². The van der Waals surface area contributed by atoms with Crippen LogP contribution in [0.4, 0.5) is 0 Å². The molecule has 0 heterocycles. The number of aliphatic hydroxyl groups is 1.